The van der Waals surface area contributed by atoms with Crippen LogP contribution >= 0.6 is 0 Å². The summed E-state index contributed by atoms with van der Waals surface area (Å²) in [4.78, 5) is 4.17. The van der Waals surface area contributed by atoms with Crippen molar-refractivity contribution in [2.45, 2.75) is 26.8 Å². The third-order valence-electron chi connectivity index (χ3n) is 3.01. The Balaban J connectivity index is 2.27. The average molecular weight is 256 g/mol. The third kappa shape index (κ3) is 2.52. The number of aryl methyl sites for hydroxylation is 2. The number of nitrogens with zero attached hydrogens (tertiary/aromatic N) is 2. The van der Waals surface area contributed by atoms with Gasteiger partial charge < -0.3 is 15.5 Å². The number of nitriles is 1. The van der Waals surface area contributed by atoms with E-state index in [1.165, 1.54) is 0 Å². The van der Waals surface area contributed by atoms with Crippen molar-refractivity contribution in [3.8, 4) is 6.07 Å². The van der Waals surface area contributed by atoms with E-state index in [2.05, 4.69) is 10.3 Å². The van der Waals surface area contributed by atoms with Crippen LogP contribution in [0, 0.1) is 25.2 Å². The van der Waals surface area contributed by atoms with E-state index in [-0.39, 0.29) is 6.04 Å². The highest BCUT2D eigenvalue weighted by molar-refractivity contribution is 5.69. The monoisotopic (exact) mass is 256 g/mol. The number of pyridine rings is 1. The maximum absolute atomic E-state index is 8.94. The van der Waals surface area contributed by atoms with Crippen LogP contribution in [-0.4, -0.2) is 4.98 Å². The zero-order valence-corrected chi connectivity index (χ0v) is 11.2. The number of rotatable bonds is 3. The maximum Gasteiger partial charge on any atom is 0.151 e. The van der Waals surface area contributed by atoms with Crippen molar-refractivity contribution in [2.75, 3.05) is 11.1 Å². The fourth-order valence-corrected chi connectivity index (χ4v) is 2.05. The molecule has 0 spiro atoms. The normalized spacial score (nSPS) is 11.9. The van der Waals surface area contributed by atoms with Crippen LogP contribution in [0.15, 0.2) is 22.7 Å². The number of hydrogen-bond donors (Lipinski definition) is 2. The molecule has 1 unspecified atom stereocenters. The van der Waals surface area contributed by atoms with Gasteiger partial charge in [-0.2, -0.15) is 5.26 Å². The second kappa shape index (κ2) is 5.02. The number of anilines is 2. The van der Waals surface area contributed by atoms with Crippen LogP contribution in [0.25, 0.3) is 0 Å². The van der Waals surface area contributed by atoms with E-state index in [9.17, 15) is 0 Å². The van der Waals surface area contributed by atoms with Gasteiger partial charge in [-0.25, -0.2) is 4.98 Å². The van der Waals surface area contributed by atoms with Gasteiger partial charge in [0.2, 0.25) is 0 Å². The average Bonchev–Trinajstić information content (AvgIpc) is 2.71. The zero-order valence-electron chi connectivity index (χ0n) is 11.2. The molecule has 2 heterocycles. The van der Waals surface area contributed by atoms with Gasteiger partial charge >= 0.3 is 0 Å². The molecule has 0 saturated heterocycles. The van der Waals surface area contributed by atoms with Crippen molar-refractivity contribution >= 4 is 11.5 Å². The molecule has 0 aromatic carbocycles. The summed E-state index contributed by atoms with van der Waals surface area (Å²) in [5.74, 6) is 2.25. The smallest absolute Gasteiger partial charge is 0.151 e. The van der Waals surface area contributed by atoms with Gasteiger partial charge in [-0.05, 0) is 32.9 Å². The summed E-state index contributed by atoms with van der Waals surface area (Å²) in [6.07, 6.45) is 1.57. The molecule has 2 aromatic heterocycles. The van der Waals surface area contributed by atoms with Gasteiger partial charge in [-0.1, -0.05) is 0 Å². The Morgan fingerprint density at radius 1 is 1.47 bits per heavy atom. The summed E-state index contributed by atoms with van der Waals surface area (Å²) in [5.41, 5.74) is 7.74. The fraction of sp³-hybridized carbons (Fsp3) is 0.286. The van der Waals surface area contributed by atoms with Gasteiger partial charge in [0, 0.05) is 11.8 Å². The highest BCUT2D eigenvalue weighted by atomic mass is 16.3. The first-order valence-electron chi connectivity index (χ1n) is 6.01. The van der Waals surface area contributed by atoms with Crippen LogP contribution in [-0.2, 0) is 0 Å². The summed E-state index contributed by atoms with van der Waals surface area (Å²) in [5, 5.41) is 12.1. The molecule has 0 bridgehead atoms. The van der Waals surface area contributed by atoms with Crippen LogP contribution in [0.3, 0.4) is 0 Å². The Labute approximate surface area is 112 Å². The molecule has 0 fully saturated rings. The minimum atomic E-state index is 0.00110. The molecule has 0 aliphatic carbocycles. The molecule has 2 aromatic rings. The molecule has 3 N–H and O–H groups in total. The van der Waals surface area contributed by atoms with E-state index in [0.717, 1.165) is 17.1 Å². The molecular weight excluding hydrogens is 240 g/mol. The number of nitrogens with one attached hydrogen (secondary N) is 1. The van der Waals surface area contributed by atoms with Gasteiger partial charge in [0.25, 0.3) is 0 Å². The summed E-state index contributed by atoms with van der Waals surface area (Å²) in [6.45, 7) is 5.83. The van der Waals surface area contributed by atoms with Crippen LogP contribution in [0.1, 0.15) is 35.6 Å². The SMILES string of the molecule is Cc1cc(C(C)Nc2nccc(C#N)c2N)c(C)o1. The maximum atomic E-state index is 8.94. The molecule has 0 amide bonds. The molecular formula is C14H16N4O. The summed E-state index contributed by atoms with van der Waals surface area (Å²) >= 11 is 0. The predicted molar refractivity (Wildman–Crippen MR) is 73.6 cm³/mol. The topological polar surface area (TPSA) is 87.9 Å². The van der Waals surface area contributed by atoms with Gasteiger partial charge in [0.05, 0.1) is 17.3 Å². The predicted octanol–water partition coefficient (Wildman–Crippen LogP) is 2.92. The van der Waals surface area contributed by atoms with E-state index in [0.29, 0.717) is 17.1 Å². The molecule has 1 atom stereocenters. The van der Waals surface area contributed by atoms with E-state index in [4.69, 9.17) is 15.4 Å². The zero-order chi connectivity index (χ0) is 14.0. The van der Waals surface area contributed by atoms with Crippen LogP contribution in [0.4, 0.5) is 11.5 Å². The first kappa shape index (κ1) is 13.0. The fourth-order valence-electron chi connectivity index (χ4n) is 2.05. The summed E-state index contributed by atoms with van der Waals surface area (Å²) in [7, 11) is 0. The molecule has 0 aliphatic rings. The molecule has 5 heteroatoms. The van der Waals surface area contributed by atoms with E-state index in [1.54, 1.807) is 12.3 Å². The number of hydrogen-bond acceptors (Lipinski definition) is 5. The molecule has 98 valence electrons. The number of furan rings is 1. The van der Waals surface area contributed by atoms with E-state index in [1.807, 2.05) is 32.9 Å². The highest BCUT2D eigenvalue weighted by Gasteiger charge is 2.15. The van der Waals surface area contributed by atoms with Crippen molar-refractivity contribution in [1.82, 2.24) is 4.98 Å². The number of aromatic nitrogens is 1. The van der Waals surface area contributed by atoms with Crippen molar-refractivity contribution in [3.63, 3.8) is 0 Å². The Morgan fingerprint density at radius 2 is 2.21 bits per heavy atom. The molecule has 19 heavy (non-hydrogen) atoms. The molecule has 0 aliphatic heterocycles. The summed E-state index contributed by atoms with van der Waals surface area (Å²) in [6, 6.07) is 5.62. The van der Waals surface area contributed by atoms with E-state index >= 15 is 0 Å². The minimum Gasteiger partial charge on any atom is -0.466 e. The highest BCUT2D eigenvalue weighted by Crippen LogP contribution is 2.27. The third-order valence-corrected chi connectivity index (χ3v) is 3.01. The van der Waals surface area contributed by atoms with Crippen molar-refractivity contribution in [1.29, 1.82) is 5.26 Å². The molecule has 0 radical (unpaired) electrons. The van der Waals surface area contributed by atoms with Gasteiger partial charge in [0.1, 0.15) is 17.6 Å². The summed E-state index contributed by atoms with van der Waals surface area (Å²) < 4.78 is 5.50. The lowest BCUT2D eigenvalue weighted by Gasteiger charge is -2.15. The van der Waals surface area contributed by atoms with Crippen molar-refractivity contribution in [2.24, 2.45) is 0 Å². The quantitative estimate of drug-likeness (QED) is 0.881. The van der Waals surface area contributed by atoms with Gasteiger partial charge in [-0.15, -0.1) is 0 Å². The lowest BCUT2D eigenvalue weighted by Crippen LogP contribution is -2.10. The standard InChI is InChI=1S/C14H16N4O/c1-8-6-12(10(3)19-8)9(2)18-14-13(16)11(7-15)4-5-17-14/h4-6,9H,16H2,1-3H3,(H,17,18). The number of nitrogen functional groups attached to an aromatic ring is 1. The molecule has 5 nitrogen and oxygen atoms in total. The van der Waals surface area contributed by atoms with Gasteiger partial charge in [0.15, 0.2) is 5.82 Å². The van der Waals surface area contributed by atoms with E-state index < -0.39 is 0 Å². The van der Waals surface area contributed by atoms with Crippen LogP contribution in [0.5, 0.6) is 0 Å². The van der Waals surface area contributed by atoms with Gasteiger partial charge in [-0.3, -0.25) is 0 Å². The first-order chi connectivity index (χ1) is 9.02. The van der Waals surface area contributed by atoms with Crippen LogP contribution in [0.2, 0.25) is 0 Å². The van der Waals surface area contributed by atoms with Crippen molar-refractivity contribution in [3.05, 3.63) is 41.0 Å². The lowest BCUT2D eigenvalue weighted by molar-refractivity contribution is 0.500. The lowest BCUT2D eigenvalue weighted by atomic mass is 10.1. The Morgan fingerprint density at radius 3 is 2.79 bits per heavy atom. The Bertz CT molecular complexity index is 639. The largest absolute Gasteiger partial charge is 0.466 e. The Hall–Kier alpha value is -2.48. The minimum absolute atomic E-state index is 0.00110. The molecule has 2 rings (SSSR count). The Kier molecular flexibility index (Phi) is 3.43. The first-order valence-corrected chi connectivity index (χ1v) is 6.01. The van der Waals surface area contributed by atoms with Crippen molar-refractivity contribution < 1.29 is 4.42 Å². The second-order valence-electron chi connectivity index (χ2n) is 4.47. The van der Waals surface area contributed by atoms with Crippen LogP contribution < -0.4 is 11.1 Å². The molecule has 0 saturated carbocycles. The second-order valence-corrected chi connectivity index (χ2v) is 4.47. The number of nitrogens with two attached hydrogens (primary N) is 1.